The highest BCUT2D eigenvalue weighted by molar-refractivity contribution is 5.98. The first-order valence-electron chi connectivity index (χ1n) is 12.0. The Morgan fingerprint density at radius 1 is 1.05 bits per heavy atom. The van der Waals surface area contributed by atoms with E-state index in [1.807, 2.05) is 43.3 Å². The van der Waals surface area contributed by atoms with E-state index in [4.69, 9.17) is 19.6 Å². The molecule has 10 nitrogen and oxygen atoms in total. The van der Waals surface area contributed by atoms with Crippen molar-refractivity contribution in [2.24, 2.45) is 14.1 Å². The van der Waals surface area contributed by atoms with Crippen molar-refractivity contribution in [3.8, 4) is 39.8 Å². The second-order valence-electron chi connectivity index (χ2n) is 9.22. The molecule has 0 atom stereocenters. The molecule has 1 aromatic carbocycles. The number of nitrogens with zero attached hydrogens (tertiary/aromatic N) is 7. The molecule has 0 radical (unpaired) electrons. The van der Waals surface area contributed by atoms with E-state index in [9.17, 15) is 0 Å². The minimum atomic E-state index is -0.452. The van der Waals surface area contributed by atoms with Crippen LogP contribution in [0.3, 0.4) is 0 Å². The normalized spacial score (nSPS) is 17.2. The van der Waals surface area contributed by atoms with Gasteiger partial charge in [0.05, 0.1) is 18.9 Å². The molecule has 11 heteroatoms. The largest absolute Gasteiger partial charge is 0.494 e. The predicted octanol–water partition coefficient (Wildman–Crippen LogP) is 3.93. The topological polar surface area (TPSA) is 96.3 Å². The monoisotopic (exact) mass is 502 g/mol. The zero-order valence-electron chi connectivity index (χ0n) is 21.0. The lowest BCUT2D eigenvalue weighted by Gasteiger charge is -2.35. The fourth-order valence-electron chi connectivity index (χ4n) is 4.82. The Morgan fingerprint density at radius 2 is 1.89 bits per heavy atom. The number of aryl methyl sites for hydroxylation is 2. The van der Waals surface area contributed by atoms with Crippen LogP contribution in [0.5, 0.6) is 5.75 Å². The predicted molar refractivity (Wildman–Crippen MR) is 137 cm³/mol. The fourth-order valence-corrected chi connectivity index (χ4v) is 4.82. The minimum Gasteiger partial charge on any atom is -0.494 e. The summed E-state index contributed by atoms with van der Waals surface area (Å²) in [5, 5.41) is 13.0. The minimum absolute atomic E-state index is 0.165. The molecule has 0 unspecified atom stereocenters. The molecule has 190 valence electrons. The summed E-state index contributed by atoms with van der Waals surface area (Å²) in [5.41, 5.74) is 3.13. The maximum absolute atomic E-state index is 15.6. The second kappa shape index (κ2) is 9.00. The summed E-state index contributed by atoms with van der Waals surface area (Å²) in [6.07, 6.45) is 9.16. The van der Waals surface area contributed by atoms with Crippen LogP contribution in [0.1, 0.15) is 12.8 Å². The van der Waals surface area contributed by atoms with Gasteiger partial charge in [0, 0.05) is 68.7 Å². The van der Waals surface area contributed by atoms with Crippen LogP contribution in [0, 0.1) is 5.82 Å². The Balaban J connectivity index is 1.62. The maximum atomic E-state index is 15.6. The van der Waals surface area contributed by atoms with Crippen molar-refractivity contribution in [2.75, 3.05) is 19.5 Å². The molecule has 0 spiro atoms. The number of imidazole rings is 1. The van der Waals surface area contributed by atoms with Gasteiger partial charge in [-0.15, -0.1) is 5.10 Å². The van der Waals surface area contributed by atoms with Crippen LogP contribution in [-0.4, -0.2) is 60.3 Å². The molecule has 37 heavy (non-hydrogen) atoms. The van der Waals surface area contributed by atoms with Gasteiger partial charge in [-0.1, -0.05) is 12.1 Å². The molecule has 0 aliphatic heterocycles. The summed E-state index contributed by atoms with van der Waals surface area (Å²) in [6, 6.07) is 7.18. The zero-order chi connectivity index (χ0) is 25.7. The second-order valence-corrected chi connectivity index (χ2v) is 9.22. The maximum Gasteiger partial charge on any atom is 0.218 e. The van der Waals surface area contributed by atoms with E-state index < -0.39 is 5.82 Å². The Bertz CT molecular complexity index is 1600. The van der Waals surface area contributed by atoms with Gasteiger partial charge in [0.1, 0.15) is 5.52 Å². The third-order valence-corrected chi connectivity index (χ3v) is 6.86. The van der Waals surface area contributed by atoms with Gasteiger partial charge in [-0.3, -0.25) is 4.68 Å². The zero-order valence-corrected chi connectivity index (χ0v) is 21.0. The number of aromatic nitrogens is 7. The van der Waals surface area contributed by atoms with Crippen molar-refractivity contribution >= 4 is 11.3 Å². The lowest BCUT2D eigenvalue weighted by Crippen LogP contribution is -2.40. The molecular weight excluding hydrogens is 475 g/mol. The van der Waals surface area contributed by atoms with Gasteiger partial charge >= 0.3 is 0 Å². The van der Waals surface area contributed by atoms with Gasteiger partial charge in [-0.2, -0.15) is 5.10 Å². The molecule has 1 aliphatic rings. The molecule has 1 N–H and O–H groups in total. The third-order valence-electron chi connectivity index (χ3n) is 6.86. The van der Waals surface area contributed by atoms with Crippen LogP contribution in [-0.2, 0) is 18.8 Å². The number of halogens is 1. The van der Waals surface area contributed by atoms with Crippen LogP contribution in [0.2, 0.25) is 0 Å². The van der Waals surface area contributed by atoms with Crippen LogP contribution in [0.15, 0.2) is 49.1 Å². The summed E-state index contributed by atoms with van der Waals surface area (Å²) in [5.74, 6) is 1.41. The standard InChI is InChI=1S/C26H27FN8O2/c1-33-11-9-28-26(33)25-30-24(29-15-12-16(13-15)36-3)23-21(19-8-10-34(2)31-19)18(14-35(23)32-25)17-6-5-7-20(37-4)22(17)27/h5-11,14-16H,12-13H2,1-4H3,(H,29,30,32). The number of methoxy groups -OCH3 is 2. The molecule has 0 amide bonds. The molecule has 6 rings (SSSR count). The van der Waals surface area contributed by atoms with E-state index in [-0.39, 0.29) is 17.9 Å². The van der Waals surface area contributed by atoms with E-state index in [1.165, 1.54) is 7.11 Å². The quantitative estimate of drug-likeness (QED) is 0.360. The lowest BCUT2D eigenvalue weighted by molar-refractivity contribution is 0.0328. The van der Waals surface area contributed by atoms with Gasteiger partial charge < -0.3 is 19.4 Å². The van der Waals surface area contributed by atoms with Crippen molar-refractivity contribution in [1.82, 2.24) is 33.9 Å². The summed E-state index contributed by atoms with van der Waals surface area (Å²) in [4.78, 5) is 9.36. The van der Waals surface area contributed by atoms with Gasteiger partial charge in [0.15, 0.2) is 23.2 Å². The van der Waals surface area contributed by atoms with E-state index in [0.29, 0.717) is 39.8 Å². The summed E-state index contributed by atoms with van der Waals surface area (Å²) in [7, 11) is 6.92. The number of anilines is 1. The van der Waals surface area contributed by atoms with Crippen molar-refractivity contribution in [3.63, 3.8) is 0 Å². The number of hydrogen-bond donors (Lipinski definition) is 1. The molecule has 1 saturated carbocycles. The molecule has 1 fully saturated rings. The van der Waals surface area contributed by atoms with Crippen molar-refractivity contribution in [2.45, 2.75) is 25.0 Å². The molecule has 4 aromatic heterocycles. The molecule has 4 heterocycles. The highest BCUT2D eigenvalue weighted by Gasteiger charge is 2.31. The number of rotatable bonds is 7. The van der Waals surface area contributed by atoms with E-state index in [0.717, 1.165) is 18.4 Å². The Morgan fingerprint density at radius 3 is 2.57 bits per heavy atom. The van der Waals surface area contributed by atoms with Crippen LogP contribution in [0.4, 0.5) is 10.2 Å². The highest BCUT2D eigenvalue weighted by Crippen LogP contribution is 2.42. The Hall–Kier alpha value is -4.25. The number of benzene rings is 1. The molecule has 0 saturated heterocycles. The first-order valence-corrected chi connectivity index (χ1v) is 12.0. The smallest absolute Gasteiger partial charge is 0.218 e. The molecule has 0 bridgehead atoms. The van der Waals surface area contributed by atoms with Crippen molar-refractivity contribution in [1.29, 1.82) is 0 Å². The van der Waals surface area contributed by atoms with E-state index >= 15 is 4.39 Å². The SMILES string of the molecule is COc1cccc(-c2cn3nc(-c4nccn4C)nc(NC4CC(OC)C4)c3c2-c2ccn(C)n2)c1F. The van der Waals surface area contributed by atoms with Crippen LogP contribution >= 0.6 is 0 Å². The average Bonchev–Trinajstić information content (AvgIpc) is 3.58. The summed E-state index contributed by atoms with van der Waals surface area (Å²) < 4.78 is 31.6. The first kappa shape index (κ1) is 23.2. The number of ether oxygens (including phenoxy) is 2. The van der Waals surface area contributed by atoms with Crippen molar-refractivity contribution < 1.29 is 13.9 Å². The molecule has 1 aliphatic carbocycles. The van der Waals surface area contributed by atoms with Gasteiger partial charge in [0.2, 0.25) is 5.82 Å². The van der Waals surface area contributed by atoms with Gasteiger partial charge in [0.25, 0.3) is 0 Å². The number of nitrogens with one attached hydrogen (secondary N) is 1. The van der Waals surface area contributed by atoms with Gasteiger partial charge in [-0.05, 0) is 25.0 Å². The van der Waals surface area contributed by atoms with Gasteiger partial charge in [-0.25, -0.2) is 18.9 Å². The highest BCUT2D eigenvalue weighted by atomic mass is 19.1. The van der Waals surface area contributed by atoms with Crippen LogP contribution in [0.25, 0.3) is 39.5 Å². The Labute approximate surface area is 212 Å². The number of fused-ring (bicyclic) bond motifs is 1. The fraction of sp³-hybridized carbons (Fsp3) is 0.308. The molecule has 5 aromatic rings. The average molecular weight is 503 g/mol. The van der Waals surface area contributed by atoms with Crippen LogP contribution < -0.4 is 10.1 Å². The van der Waals surface area contributed by atoms with Crippen molar-refractivity contribution in [3.05, 3.63) is 54.9 Å². The lowest BCUT2D eigenvalue weighted by atomic mass is 9.89. The van der Waals surface area contributed by atoms with E-state index in [1.54, 1.807) is 40.7 Å². The Kier molecular flexibility index (Phi) is 5.64. The summed E-state index contributed by atoms with van der Waals surface area (Å²) in [6.45, 7) is 0. The molecular formula is C26H27FN8O2. The van der Waals surface area contributed by atoms with E-state index in [2.05, 4.69) is 15.4 Å². The third kappa shape index (κ3) is 3.91. The first-order chi connectivity index (χ1) is 18.0. The number of hydrogen-bond acceptors (Lipinski definition) is 7. The summed E-state index contributed by atoms with van der Waals surface area (Å²) >= 11 is 0.